The van der Waals surface area contributed by atoms with Crippen LogP contribution in [-0.2, 0) is 4.74 Å². The van der Waals surface area contributed by atoms with Crippen molar-refractivity contribution in [3.05, 3.63) is 33.8 Å². The van der Waals surface area contributed by atoms with Gasteiger partial charge in [0.05, 0.1) is 22.8 Å². The molecule has 8 heteroatoms. The first kappa shape index (κ1) is 18.3. The number of rotatable bonds is 3. The number of primary amides is 1. The molecule has 0 spiro atoms. The van der Waals surface area contributed by atoms with E-state index in [4.69, 9.17) is 33.7 Å². The van der Waals surface area contributed by atoms with Crippen molar-refractivity contribution in [1.82, 2.24) is 10.6 Å². The summed E-state index contributed by atoms with van der Waals surface area (Å²) in [6.45, 7) is 2.46. The fourth-order valence-electron chi connectivity index (χ4n) is 2.27. The molecule has 2 unspecified atom stereocenters. The molecule has 1 fully saturated rings. The maximum atomic E-state index is 10.9. The Morgan fingerprint density at radius 2 is 2.19 bits per heavy atom. The molecule has 0 aliphatic carbocycles. The molecule has 118 valence electrons. The number of carbonyl (C=O) groups is 1. The van der Waals surface area contributed by atoms with Crippen LogP contribution in [0.1, 0.15) is 11.5 Å². The minimum atomic E-state index is -0.557. The Morgan fingerprint density at radius 3 is 2.86 bits per heavy atom. The molecule has 0 aromatic heterocycles. The third-order valence-electron chi connectivity index (χ3n) is 3.27. The molecule has 2 rings (SSSR count). The van der Waals surface area contributed by atoms with Gasteiger partial charge in [-0.1, -0.05) is 29.3 Å². The second-order valence-electron chi connectivity index (χ2n) is 4.64. The van der Waals surface area contributed by atoms with Gasteiger partial charge in [-0.2, -0.15) is 0 Å². The Morgan fingerprint density at radius 1 is 1.43 bits per heavy atom. The molecule has 1 aliphatic heterocycles. The van der Waals surface area contributed by atoms with E-state index in [1.165, 1.54) is 0 Å². The fraction of sp³-hybridized carbons (Fsp3) is 0.462. The monoisotopic (exact) mass is 353 g/mol. The lowest BCUT2D eigenvalue weighted by atomic mass is 9.93. The van der Waals surface area contributed by atoms with Crippen LogP contribution in [0.3, 0.4) is 0 Å². The van der Waals surface area contributed by atoms with Crippen molar-refractivity contribution in [1.29, 1.82) is 0 Å². The van der Waals surface area contributed by atoms with Gasteiger partial charge in [0.2, 0.25) is 0 Å². The summed E-state index contributed by atoms with van der Waals surface area (Å²) in [5.41, 5.74) is 6.14. The van der Waals surface area contributed by atoms with Gasteiger partial charge in [-0.3, -0.25) is 0 Å². The van der Waals surface area contributed by atoms with Crippen LogP contribution in [0, 0.1) is 0 Å². The molecule has 4 N–H and O–H groups in total. The Balaban J connectivity index is 0.00000220. The molecule has 2 amide bonds. The van der Waals surface area contributed by atoms with Gasteiger partial charge in [-0.15, -0.1) is 12.4 Å². The number of nitrogens with one attached hydrogen (secondary N) is 2. The van der Waals surface area contributed by atoms with Crippen LogP contribution in [0.4, 0.5) is 4.79 Å². The van der Waals surface area contributed by atoms with Gasteiger partial charge in [0.25, 0.3) is 0 Å². The zero-order chi connectivity index (χ0) is 14.5. The average Bonchev–Trinajstić information content (AvgIpc) is 2.65. The first-order valence-electron chi connectivity index (χ1n) is 6.38. The molecule has 2 atom stereocenters. The lowest BCUT2D eigenvalue weighted by Gasteiger charge is -2.25. The van der Waals surface area contributed by atoms with Crippen molar-refractivity contribution >= 4 is 41.6 Å². The van der Waals surface area contributed by atoms with E-state index in [9.17, 15) is 4.79 Å². The number of hydrogen-bond donors (Lipinski definition) is 3. The molecule has 5 nitrogen and oxygen atoms in total. The molecule has 1 heterocycles. The summed E-state index contributed by atoms with van der Waals surface area (Å²) >= 11 is 12.0. The van der Waals surface area contributed by atoms with Crippen LogP contribution >= 0.6 is 35.6 Å². The van der Waals surface area contributed by atoms with Crippen molar-refractivity contribution in [3.8, 4) is 0 Å². The number of ether oxygens (including phenoxy) is 1. The standard InChI is InChI=1S/C13H17Cl2N3O2.ClH/c14-10-2-1-8(5-11(10)15)9-6-17-3-4-20-12(9)7-18-13(16)19;/h1-2,5,9,12,17H,3-4,6-7H2,(H3,16,18,19);1H. The summed E-state index contributed by atoms with van der Waals surface area (Å²) in [4.78, 5) is 10.9. The maximum Gasteiger partial charge on any atom is 0.312 e. The minimum Gasteiger partial charge on any atom is -0.374 e. The van der Waals surface area contributed by atoms with Crippen LogP contribution in [0.2, 0.25) is 10.0 Å². The van der Waals surface area contributed by atoms with Crippen LogP contribution < -0.4 is 16.4 Å². The van der Waals surface area contributed by atoms with Gasteiger partial charge >= 0.3 is 6.03 Å². The first-order chi connectivity index (χ1) is 9.58. The zero-order valence-corrected chi connectivity index (χ0v) is 13.6. The number of benzene rings is 1. The molecule has 0 bridgehead atoms. The SMILES string of the molecule is Cl.NC(=O)NCC1OCCNCC1c1ccc(Cl)c(Cl)c1. The van der Waals surface area contributed by atoms with Crippen molar-refractivity contribution in [2.24, 2.45) is 5.73 Å². The van der Waals surface area contributed by atoms with E-state index < -0.39 is 6.03 Å². The Hall–Kier alpha value is -0.720. The normalized spacial score (nSPS) is 22.0. The highest BCUT2D eigenvalue weighted by Gasteiger charge is 2.26. The first-order valence-corrected chi connectivity index (χ1v) is 7.14. The van der Waals surface area contributed by atoms with Gasteiger partial charge in [-0.05, 0) is 17.7 Å². The third-order valence-corrected chi connectivity index (χ3v) is 4.01. The van der Waals surface area contributed by atoms with Crippen LogP contribution in [0.15, 0.2) is 18.2 Å². The predicted octanol–water partition coefficient (Wildman–Crippen LogP) is 2.16. The van der Waals surface area contributed by atoms with Crippen molar-refractivity contribution in [2.45, 2.75) is 12.0 Å². The van der Waals surface area contributed by atoms with E-state index in [-0.39, 0.29) is 24.4 Å². The van der Waals surface area contributed by atoms with Crippen molar-refractivity contribution < 1.29 is 9.53 Å². The van der Waals surface area contributed by atoms with E-state index >= 15 is 0 Å². The van der Waals surface area contributed by atoms with Crippen LogP contribution in [0.5, 0.6) is 0 Å². The highest BCUT2D eigenvalue weighted by atomic mass is 35.5. The molecular weight excluding hydrogens is 337 g/mol. The molecule has 1 aromatic rings. The summed E-state index contributed by atoms with van der Waals surface area (Å²) in [6.07, 6.45) is -0.158. The number of hydrogen-bond acceptors (Lipinski definition) is 3. The molecule has 21 heavy (non-hydrogen) atoms. The summed E-state index contributed by atoms with van der Waals surface area (Å²) in [7, 11) is 0. The fourth-order valence-corrected chi connectivity index (χ4v) is 2.57. The van der Waals surface area contributed by atoms with E-state index in [0.29, 0.717) is 23.2 Å². The van der Waals surface area contributed by atoms with E-state index in [2.05, 4.69) is 10.6 Å². The number of urea groups is 1. The molecule has 1 saturated heterocycles. The van der Waals surface area contributed by atoms with Crippen LogP contribution in [-0.4, -0.2) is 38.4 Å². The molecule has 1 aliphatic rings. The lowest BCUT2D eigenvalue weighted by molar-refractivity contribution is 0.0541. The van der Waals surface area contributed by atoms with E-state index in [1.807, 2.05) is 12.1 Å². The van der Waals surface area contributed by atoms with Gasteiger partial charge < -0.3 is 21.1 Å². The van der Waals surface area contributed by atoms with Gasteiger partial charge in [0, 0.05) is 25.6 Å². The Bertz CT molecular complexity index is 488. The summed E-state index contributed by atoms with van der Waals surface area (Å²) < 4.78 is 5.78. The topological polar surface area (TPSA) is 76.4 Å². The second kappa shape index (κ2) is 8.66. The number of amides is 2. The number of carbonyl (C=O) groups excluding carboxylic acids is 1. The highest BCUT2D eigenvalue weighted by Crippen LogP contribution is 2.29. The summed E-state index contributed by atoms with van der Waals surface area (Å²) in [6, 6.07) is 4.97. The highest BCUT2D eigenvalue weighted by molar-refractivity contribution is 6.42. The number of halogens is 3. The summed E-state index contributed by atoms with van der Waals surface area (Å²) in [5.74, 6) is 0.0686. The Labute approximate surface area is 139 Å². The lowest BCUT2D eigenvalue weighted by Crippen LogP contribution is -2.40. The second-order valence-corrected chi connectivity index (χ2v) is 5.45. The number of nitrogens with two attached hydrogens (primary N) is 1. The van der Waals surface area contributed by atoms with Gasteiger partial charge in [-0.25, -0.2) is 4.79 Å². The third kappa shape index (κ3) is 5.20. The maximum absolute atomic E-state index is 10.9. The average molecular weight is 355 g/mol. The largest absolute Gasteiger partial charge is 0.374 e. The Kier molecular flexibility index (Phi) is 7.56. The smallest absolute Gasteiger partial charge is 0.312 e. The van der Waals surface area contributed by atoms with Crippen molar-refractivity contribution in [3.63, 3.8) is 0 Å². The van der Waals surface area contributed by atoms with Gasteiger partial charge in [0.1, 0.15) is 0 Å². The molecule has 0 saturated carbocycles. The minimum absolute atomic E-state index is 0. The molecular formula is C13H18Cl3N3O2. The molecule has 1 aromatic carbocycles. The zero-order valence-electron chi connectivity index (χ0n) is 11.3. The predicted molar refractivity (Wildman–Crippen MR) is 86.6 cm³/mol. The molecule has 0 radical (unpaired) electrons. The summed E-state index contributed by atoms with van der Waals surface area (Å²) in [5, 5.41) is 6.93. The van der Waals surface area contributed by atoms with Crippen LogP contribution in [0.25, 0.3) is 0 Å². The van der Waals surface area contributed by atoms with Gasteiger partial charge in [0.15, 0.2) is 0 Å². The van der Waals surface area contributed by atoms with E-state index in [0.717, 1.165) is 18.7 Å². The quantitative estimate of drug-likeness (QED) is 0.778. The van der Waals surface area contributed by atoms with E-state index in [1.54, 1.807) is 6.07 Å². The van der Waals surface area contributed by atoms with Crippen molar-refractivity contribution in [2.75, 3.05) is 26.2 Å².